The summed E-state index contributed by atoms with van der Waals surface area (Å²) < 4.78 is 0. The molecule has 3 saturated heterocycles. The molecular weight excluding hydrogens is 742 g/mol. The average Bonchev–Trinajstić information content (AvgIpc) is 3.54. The molecule has 5 heterocycles. The molecule has 14 heteroatoms. The summed E-state index contributed by atoms with van der Waals surface area (Å²) in [7, 11) is 0. The summed E-state index contributed by atoms with van der Waals surface area (Å²) in [4.78, 5) is 76.8. The Kier molecular flexibility index (Phi) is 11.2. The molecule has 4 fully saturated rings. The lowest BCUT2D eigenvalue weighted by molar-refractivity contribution is -0.134. The highest BCUT2D eigenvalue weighted by Gasteiger charge is 2.39. The highest BCUT2D eigenvalue weighted by atomic mass is 35.5. The molecule has 57 heavy (non-hydrogen) atoms. The quantitative estimate of drug-likeness (QED) is 0.227. The first-order chi connectivity index (χ1) is 27.5. The van der Waals surface area contributed by atoms with Crippen LogP contribution < -0.4 is 14.7 Å². The third-order valence-corrected chi connectivity index (χ3v) is 12.9. The second-order valence-electron chi connectivity index (χ2n) is 16.4. The Morgan fingerprint density at radius 2 is 1.60 bits per heavy atom. The van der Waals surface area contributed by atoms with Crippen molar-refractivity contribution in [1.82, 2.24) is 24.7 Å². The van der Waals surface area contributed by atoms with E-state index in [4.69, 9.17) is 18.2 Å². The molecule has 1 aromatic heterocycles. The lowest BCUT2D eigenvalue weighted by atomic mass is 9.92. The Hall–Kier alpha value is -5.06. The normalized spacial score (nSPS) is 23.6. The maximum Gasteiger partial charge on any atom is 0.255 e. The molecular formula is C43H50ClN9O4. The Morgan fingerprint density at radius 3 is 2.30 bits per heavy atom. The van der Waals surface area contributed by atoms with Gasteiger partial charge >= 0.3 is 0 Å². The summed E-state index contributed by atoms with van der Waals surface area (Å²) in [5.74, 6) is 1.13. The minimum atomic E-state index is -0.492. The van der Waals surface area contributed by atoms with Crippen LogP contribution in [0.2, 0.25) is 5.02 Å². The number of carbonyl (C=O) groups excluding carboxylic acids is 4. The van der Waals surface area contributed by atoms with Gasteiger partial charge in [-0.05, 0) is 80.5 Å². The van der Waals surface area contributed by atoms with Crippen molar-refractivity contribution in [2.24, 2.45) is 5.92 Å². The van der Waals surface area contributed by atoms with E-state index in [9.17, 15) is 19.2 Å². The van der Waals surface area contributed by atoms with Crippen LogP contribution in [0.3, 0.4) is 0 Å². The van der Waals surface area contributed by atoms with Crippen LogP contribution >= 0.6 is 11.6 Å². The van der Waals surface area contributed by atoms with Gasteiger partial charge in [0.05, 0.1) is 25.5 Å². The van der Waals surface area contributed by atoms with Crippen molar-refractivity contribution in [2.45, 2.75) is 77.0 Å². The summed E-state index contributed by atoms with van der Waals surface area (Å²) in [5, 5.41) is 0.444. The largest absolute Gasteiger partial charge is 0.369 e. The van der Waals surface area contributed by atoms with E-state index in [1.54, 1.807) is 23.4 Å². The van der Waals surface area contributed by atoms with Gasteiger partial charge in [0.25, 0.3) is 5.91 Å². The molecule has 3 atom stereocenters. The number of aromatic nitrogens is 2. The van der Waals surface area contributed by atoms with Crippen LogP contribution in [0, 0.1) is 12.5 Å². The fraction of sp³-hybridized carbons (Fsp3) is 0.512. The van der Waals surface area contributed by atoms with Crippen LogP contribution in [0.4, 0.5) is 23.0 Å². The van der Waals surface area contributed by atoms with Crippen molar-refractivity contribution in [1.29, 1.82) is 0 Å². The van der Waals surface area contributed by atoms with Crippen molar-refractivity contribution in [3.05, 3.63) is 81.9 Å². The van der Waals surface area contributed by atoms with E-state index in [2.05, 4.69) is 54.3 Å². The molecule has 1 saturated carbocycles. The number of hydrogen-bond donors (Lipinski definition) is 0. The number of amides is 2. The fourth-order valence-corrected chi connectivity index (χ4v) is 9.53. The summed E-state index contributed by atoms with van der Waals surface area (Å²) in [6.07, 6.45) is 6.74. The van der Waals surface area contributed by atoms with Crippen LogP contribution in [0.5, 0.6) is 0 Å². The lowest BCUT2D eigenvalue weighted by Gasteiger charge is -2.45. The van der Waals surface area contributed by atoms with Gasteiger partial charge < -0.3 is 24.5 Å². The molecule has 298 valence electrons. The molecule has 5 aliphatic rings. The summed E-state index contributed by atoms with van der Waals surface area (Å²) >= 11 is 6.32. The zero-order valence-corrected chi connectivity index (χ0v) is 33.5. The zero-order valence-electron chi connectivity index (χ0n) is 32.8. The van der Waals surface area contributed by atoms with Gasteiger partial charge in [-0.15, -0.1) is 0 Å². The van der Waals surface area contributed by atoms with E-state index in [1.807, 2.05) is 29.2 Å². The fourth-order valence-electron chi connectivity index (χ4n) is 9.31. The Balaban J connectivity index is 0.769. The minimum absolute atomic E-state index is 0.0134. The van der Waals surface area contributed by atoms with Gasteiger partial charge in [0, 0.05) is 118 Å². The molecule has 0 N–H and O–H groups in total. The summed E-state index contributed by atoms with van der Waals surface area (Å²) in [6.45, 7) is 19.8. The first-order valence-electron chi connectivity index (χ1n) is 20.3. The van der Waals surface area contributed by atoms with Gasteiger partial charge in [-0.3, -0.25) is 24.1 Å². The maximum absolute atomic E-state index is 13.5. The standard InChI is InChI=1S/C43H50ClN9O4/c1-28-25-52(29(2)24-51(28)34-5-8-38(45-3)37(44)20-34)41(56)18-31-22-46-43(47-23-31)50-12-10-30(11-13-50)26-48-14-16-49(17-15-48)33-4-7-36-32(19-33)27-53(42(36)57)39-9-6-35(54)21-40(39)55/h4-5,7-8,19-20,22-23,28-30,39H,6,9-18,21,24-27H2,1-2H3/t28-,29+,39-/m0/s1. The number of Topliss-reactive ketones (excluding diaryl/α,β-unsaturated/α-hetero) is 2. The van der Waals surface area contributed by atoms with Crippen molar-refractivity contribution in [3.8, 4) is 0 Å². The number of hydrogen-bond acceptors (Lipinski definition) is 10. The molecule has 0 unspecified atom stereocenters. The predicted octanol–water partition coefficient (Wildman–Crippen LogP) is 5.03. The highest BCUT2D eigenvalue weighted by molar-refractivity contribution is 6.33. The summed E-state index contributed by atoms with van der Waals surface area (Å²) in [5.41, 5.74) is 4.97. The number of carbonyl (C=O) groups is 4. The molecule has 13 nitrogen and oxygen atoms in total. The van der Waals surface area contributed by atoms with Crippen LogP contribution in [-0.4, -0.2) is 125 Å². The first-order valence-corrected chi connectivity index (χ1v) is 20.7. The van der Waals surface area contributed by atoms with Crippen molar-refractivity contribution >= 4 is 58.0 Å². The molecule has 3 aromatic rings. The molecule has 8 rings (SSSR count). The monoisotopic (exact) mass is 791 g/mol. The third kappa shape index (κ3) is 8.21. The number of fused-ring (bicyclic) bond motifs is 1. The molecule has 2 aromatic carbocycles. The van der Waals surface area contributed by atoms with Crippen LogP contribution in [0.25, 0.3) is 4.85 Å². The van der Waals surface area contributed by atoms with E-state index < -0.39 is 6.04 Å². The number of rotatable bonds is 8. The second-order valence-corrected chi connectivity index (χ2v) is 16.8. The van der Waals surface area contributed by atoms with Crippen LogP contribution in [-0.2, 0) is 27.3 Å². The number of piperidine rings is 1. The molecule has 1 aliphatic carbocycles. The van der Waals surface area contributed by atoms with Crippen molar-refractivity contribution in [3.63, 3.8) is 0 Å². The molecule has 0 radical (unpaired) electrons. The molecule has 0 spiro atoms. The SMILES string of the molecule is [C-]#[N+]c1ccc(N2C[C@@H](C)N(C(=O)Cc3cnc(N4CCC(CN5CCN(c6ccc7c(c6)CN([C@H]6CCC(=O)CC6=O)C7=O)CC5)CC4)nc3)C[C@@H]2C)cc1Cl. The van der Waals surface area contributed by atoms with E-state index in [0.717, 1.165) is 87.1 Å². The smallest absolute Gasteiger partial charge is 0.255 e. The number of anilines is 3. The van der Waals surface area contributed by atoms with E-state index in [1.165, 1.54) is 0 Å². The highest BCUT2D eigenvalue weighted by Crippen LogP contribution is 2.34. The first kappa shape index (κ1) is 38.8. The number of halogens is 1. The van der Waals surface area contributed by atoms with Crippen LogP contribution in [0.1, 0.15) is 67.4 Å². The van der Waals surface area contributed by atoms with E-state index >= 15 is 0 Å². The topological polar surface area (TPSA) is 118 Å². The lowest BCUT2D eigenvalue weighted by Crippen LogP contribution is -2.58. The van der Waals surface area contributed by atoms with Gasteiger partial charge in [-0.2, -0.15) is 0 Å². The van der Waals surface area contributed by atoms with Gasteiger partial charge in [-0.25, -0.2) is 14.8 Å². The average molecular weight is 792 g/mol. The molecule has 2 amide bonds. The number of nitrogens with zero attached hydrogens (tertiary/aromatic N) is 9. The van der Waals surface area contributed by atoms with Crippen molar-refractivity contribution < 1.29 is 19.2 Å². The zero-order chi connectivity index (χ0) is 39.8. The second kappa shape index (κ2) is 16.4. The minimum Gasteiger partial charge on any atom is -0.369 e. The van der Waals surface area contributed by atoms with E-state index in [-0.39, 0.29) is 48.3 Å². The molecule has 4 aliphatic heterocycles. The maximum atomic E-state index is 13.5. The van der Waals surface area contributed by atoms with Gasteiger partial charge in [-0.1, -0.05) is 17.7 Å². The van der Waals surface area contributed by atoms with Gasteiger partial charge in [0.15, 0.2) is 5.78 Å². The number of benzene rings is 2. The van der Waals surface area contributed by atoms with Gasteiger partial charge in [0.2, 0.25) is 17.5 Å². The number of ketones is 2. The third-order valence-electron chi connectivity index (χ3n) is 12.6. The van der Waals surface area contributed by atoms with Gasteiger partial charge in [0.1, 0.15) is 5.78 Å². The molecule has 0 bridgehead atoms. The van der Waals surface area contributed by atoms with E-state index in [0.29, 0.717) is 54.7 Å². The Morgan fingerprint density at radius 1 is 0.860 bits per heavy atom. The predicted molar refractivity (Wildman–Crippen MR) is 219 cm³/mol. The Labute approximate surface area is 339 Å². The van der Waals surface area contributed by atoms with Crippen molar-refractivity contribution in [2.75, 3.05) is 73.6 Å². The Bertz CT molecular complexity index is 2070. The van der Waals surface area contributed by atoms with Crippen LogP contribution in [0.15, 0.2) is 48.8 Å². The number of piperazine rings is 2. The summed E-state index contributed by atoms with van der Waals surface area (Å²) in [6, 6.07) is 11.2.